The number of carbonyl (C=O) groups is 1. The van der Waals surface area contributed by atoms with E-state index in [-0.39, 0.29) is 16.3 Å². The first-order chi connectivity index (χ1) is 14.8. The van der Waals surface area contributed by atoms with Crippen molar-refractivity contribution >= 4 is 44.7 Å². The molecule has 0 aliphatic rings. The fourth-order valence-corrected chi connectivity index (χ4v) is 3.49. The summed E-state index contributed by atoms with van der Waals surface area (Å²) in [6.45, 7) is 1.64. The lowest BCUT2D eigenvalue weighted by molar-refractivity contribution is -0.112. The molecule has 0 radical (unpaired) electrons. The first-order valence-electron chi connectivity index (χ1n) is 8.77. The molecule has 0 unspecified atom stereocenters. The van der Waals surface area contributed by atoms with Crippen LogP contribution >= 0.6 is 11.6 Å². The molecule has 1 heterocycles. The molecule has 0 atom stereocenters. The van der Waals surface area contributed by atoms with Crippen molar-refractivity contribution in [2.24, 2.45) is 0 Å². The highest BCUT2D eigenvalue weighted by Crippen LogP contribution is 2.19. The van der Waals surface area contributed by atoms with Crippen molar-refractivity contribution in [2.45, 2.75) is 11.8 Å². The van der Waals surface area contributed by atoms with Crippen molar-refractivity contribution in [1.29, 1.82) is 5.26 Å². The van der Waals surface area contributed by atoms with Crippen LogP contribution < -0.4 is 15.4 Å². The van der Waals surface area contributed by atoms with Gasteiger partial charge >= 0.3 is 0 Å². The Morgan fingerprint density at radius 1 is 1.13 bits per heavy atom. The fourth-order valence-electron chi connectivity index (χ4n) is 2.38. The van der Waals surface area contributed by atoms with Crippen molar-refractivity contribution in [2.75, 3.05) is 15.4 Å². The van der Waals surface area contributed by atoms with Gasteiger partial charge in [-0.1, -0.05) is 16.8 Å². The van der Waals surface area contributed by atoms with E-state index >= 15 is 0 Å². The summed E-state index contributed by atoms with van der Waals surface area (Å²) in [5.41, 5.74) is 0.790. The van der Waals surface area contributed by atoms with Crippen LogP contribution in [0.4, 0.5) is 17.2 Å². The van der Waals surface area contributed by atoms with E-state index in [1.54, 1.807) is 31.2 Å². The molecule has 1 aromatic heterocycles. The van der Waals surface area contributed by atoms with Gasteiger partial charge < -0.3 is 15.2 Å². The number of nitrogens with zero attached hydrogens (tertiary/aromatic N) is 2. The minimum absolute atomic E-state index is 0.00340. The van der Waals surface area contributed by atoms with Gasteiger partial charge in [-0.15, -0.1) is 0 Å². The number of halogens is 1. The van der Waals surface area contributed by atoms with Gasteiger partial charge in [0.1, 0.15) is 17.4 Å². The molecule has 2 aromatic carbocycles. The number of rotatable bonds is 7. The smallest absolute Gasteiger partial charge is 0.267 e. The number of anilines is 3. The zero-order valence-corrected chi connectivity index (χ0v) is 17.7. The van der Waals surface area contributed by atoms with E-state index in [4.69, 9.17) is 16.1 Å². The number of hydrogen-bond acceptors (Lipinski definition) is 7. The molecule has 0 bridgehead atoms. The molecule has 0 spiro atoms. The number of nitrogens with one attached hydrogen (secondary N) is 3. The summed E-state index contributed by atoms with van der Waals surface area (Å²) < 4.78 is 31.9. The SMILES string of the molecule is Cc1cc(NS(=O)(=O)c2ccc(N/C=C(/C#N)C(=O)Nc3ccc(Cl)cc3)cc2)no1. The van der Waals surface area contributed by atoms with Crippen LogP contribution in [0.25, 0.3) is 0 Å². The topological polar surface area (TPSA) is 137 Å². The van der Waals surface area contributed by atoms with Crippen molar-refractivity contribution < 1.29 is 17.7 Å². The highest BCUT2D eigenvalue weighted by Gasteiger charge is 2.16. The molecule has 11 heteroatoms. The maximum atomic E-state index is 12.4. The van der Waals surface area contributed by atoms with Crippen LogP contribution in [0.1, 0.15) is 5.76 Å². The predicted molar refractivity (Wildman–Crippen MR) is 116 cm³/mol. The summed E-state index contributed by atoms with van der Waals surface area (Å²) in [5.74, 6) is -0.0611. The molecule has 9 nitrogen and oxygen atoms in total. The molecular formula is C20H16ClN5O4S. The second kappa shape index (κ2) is 9.34. The van der Waals surface area contributed by atoms with E-state index in [1.807, 2.05) is 6.07 Å². The van der Waals surface area contributed by atoms with Crippen LogP contribution in [0, 0.1) is 18.3 Å². The molecule has 0 fully saturated rings. The summed E-state index contributed by atoms with van der Waals surface area (Å²) in [6.07, 6.45) is 1.23. The van der Waals surface area contributed by atoms with E-state index in [0.29, 0.717) is 22.2 Å². The summed E-state index contributed by atoms with van der Waals surface area (Å²) in [4.78, 5) is 12.2. The number of sulfonamides is 1. The van der Waals surface area contributed by atoms with Gasteiger partial charge in [-0.3, -0.25) is 9.52 Å². The number of amides is 1. The number of benzene rings is 2. The van der Waals surface area contributed by atoms with Gasteiger partial charge in [0, 0.05) is 28.7 Å². The quantitative estimate of drug-likeness (QED) is 0.361. The Bertz CT molecular complexity index is 1260. The van der Waals surface area contributed by atoms with Crippen LogP contribution in [0.15, 0.2) is 75.8 Å². The predicted octanol–water partition coefficient (Wildman–Crippen LogP) is 3.90. The molecule has 3 N–H and O–H groups in total. The second-order valence-corrected chi connectivity index (χ2v) is 8.35. The summed E-state index contributed by atoms with van der Waals surface area (Å²) in [7, 11) is -3.85. The zero-order valence-electron chi connectivity index (χ0n) is 16.1. The van der Waals surface area contributed by atoms with Gasteiger partial charge in [0.2, 0.25) is 0 Å². The van der Waals surface area contributed by atoms with Crippen molar-refractivity contribution in [3.63, 3.8) is 0 Å². The highest BCUT2D eigenvalue weighted by atomic mass is 35.5. The monoisotopic (exact) mass is 457 g/mol. The third-order valence-electron chi connectivity index (χ3n) is 3.88. The number of carbonyl (C=O) groups excluding carboxylic acids is 1. The van der Waals surface area contributed by atoms with Crippen LogP contribution in [-0.2, 0) is 14.8 Å². The number of aryl methyl sites for hydroxylation is 1. The van der Waals surface area contributed by atoms with Gasteiger partial charge in [-0.2, -0.15) is 5.26 Å². The van der Waals surface area contributed by atoms with E-state index in [2.05, 4.69) is 20.5 Å². The highest BCUT2D eigenvalue weighted by molar-refractivity contribution is 7.92. The Morgan fingerprint density at radius 3 is 2.35 bits per heavy atom. The van der Waals surface area contributed by atoms with Gasteiger partial charge in [0.05, 0.1) is 4.90 Å². The molecular weight excluding hydrogens is 442 g/mol. The van der Waals surface area contributed by atoms with Gasteiger partial charge in [0.15, 0.2) is 5.82 Å². The van der Waals surface area contributed by atoms with Crippen molar-refractivity contribution in [3.05, 3.63) is 77.2 Å². The molecule has 31 heavy (non-hydrogen) atoms. The van der Waals surface area contributed by atoms with Gasteiger partial charge in [-0.05, 0) is 55.5 Å². The maximum Gasteiger partial charge on any atom is 0.267 e. The largest absolute Gasteiger partial charge is 0.360 e. The third kappa shape index (κ3) is 5.85. The van der Waals surface area contributed by atoms with Gasteiger partial charge in [0.25, 0.3) is 15.9 Å². The van der Waals surface area contributed by atoms with E-state index in [0.717, 1.165) is 0 Å². The Balaban J connectivity index is 1.66. The minimum Gasteiger partial charge on any atom is -0.360 e. The fraction of sp³-hybridized carbons (Fsp3) is 0.0500. The lowest BCUT2D eigenvalue weighted by atomic mass is 10.2. The van der Waals surface area contributed by atoms with E-state index in [9.17, 15) is 18.5 Å². The Labute approximate surface area is 183 Å². The molecule has 0 aliphatic carbocycles. The lowest BCUT2D eigenvalue weighted by Gasteiger charge is -2.07. The number of hydrogen-bond donors (Lipinski definition) is 3. The van der Waals surface area contributed by atoms with E-state index < -0.39 is 15.9 Å². The molecule has 0 aliphatic heterocycles. The average Bonchev–Trinajstić information content (AvgIpc) is 3.14. The first-order valence-corrected chi connectivity index (χ1v) is 10.6. The third-order valence-corrected chi connectivity index (χ3v) is 5.50. The average molecular weight is 458 g/mol. The Hall–Kier alpha value is -3.81. The van der Waals surface area contributed by atoms with Crippen molar-refractivity contribution in [1.82, 2.24) is 5.16 Å². The molecule has 3 rings (SSSR count). The molecule has 3 aromatic rings. The molecule has 0 saturated carbocycles. The first kappa shape index (κ1) is 21.9. The Kier molecular flexibility index (Phi) is 6.59. The standard InChI is InChI=1S/C20H16ClN5O4S/c1-13-10-19(25-30-13)26-31(28,29)18-8-6-16(7-9-18)23-12-14(11-22)20(27)24-17-4-2-15(21)3-5-17/h2-10,12,23H,1H3,(H,24,27)(H,25,26)/b14-12-. The summed E-state index contributed by atoms with van der Waals surface area (Å²) in [6, 6.07) is 15.4. The van der Waals surface area contributed by atoms with Crippen LogP contribution in [0.5, 0.6) is 0 Å². The van der Waals surface area contributed by atoms with Gasteiger partial charge in [-0.25, -0.2) is 8.42 Å². The maximum absolute atomic E-state index is 12.4. The molecule has 1 amide bonds. The molecule has 0 saturated heterocycles. The summed E-state index contributed by atoms with van der Waals surface area (Å²) >= 11 is 5.80. The van der Waals surface area contributed by atoms with Crippen LogP contribution in [0.2, 0.25) is 5.02 Å². The number of nitriles is 1. The lowest BCUT2D eigenvalue weighted by Crippen LogP contribution is -2.14. The van der Waals surface area contributed by atoms with Crippen molar-refractivity contribution in [3.8, 4) is 6.07 Å². The van der Waals surface area contributed by atoms with Crippen LogP contribution in [-0.4, -0.2) is 19.5 Å². The summed E-state index contributed by atoms with van der Waals surface area (Å²) in [5, 5.41) is 18.7. The number of aromatic nitrogens is 1. The normalized spacial score (nSPS) is 11.5. The van der Waals surface area contributed by atoms with E-state index in [1.165, 1.54) is 36.5 Å². The zero-order chi connectivity index (χ0) is 22.4. The van der Waals surface area contributed by atoms with Crippen LogP contribution in [0.3, 0.4) is 0 Å². The Morgan fingerprint density at radius 2 is 1.77 bits per heavy atom. The molecule has 158 valence electrons. The second-order valence-electron chi connectivity index (χ2n) is 6.23. The minimum atomic E-state index is -3.85.